The van der Waals surface area contributed by atoms with Gasteiger partial charge in [-0.05, 0) is 49.4 Å². The number of rotatable bonds is 6. The summed E-state index contributed by atoms with van der Waals surface area (Å²) in [6.45, 7) is 4.62. The summed E-state index contributed by atoms with van der Waals surface area (Å²) in [7, 11) is 0. The molecule has 2 amide bonds. The number of benzene rings is 1. The van der Waals surface area contributed by atoms with Gasteiger partial charge in [-0.3, -0.25) is 14.5 Å². The molecule has 120 valence electrons. The van der Waals surface area contributed by atoms with Crippen LogP contribution in [0.4, 0.5) is 4.79 Å². The van der Waals surface area contributed by atoms with Crippen molar-refractivity contribution < 1.29 is 19.1 Å². The Hall–Kier alpha value is -2.39. The minimum absolute atomic E-state index is 0.148. The highest BCUT2D eigenvalue weighted by Crippen LogP contribution is 2.34. The number of imide groups is 1. The van der Waals surface area contributed by atoms with Crippen LogP contribution >= 0.6 is 11.8 Å². The third-order valence-electron chi connectivity index (χ3n) is 3.07. The van der Waals surface area contributed by atoms with Crippen LogP contribution in [0, 0.1) is 12.3 Å². The van der Waals surface area contributed by atoms with E-state index in [0.717, 1.165) is 17.3 Å². The fraction of sp³-hybridized carbons (Fsp3) is 0.294. The molecule has 0 aliphatic carbocycles. The van der Waals surface area contributed by atoms with Gasteiger partial charge in [-0.15, -0.1) is 6.42 Å². The number of hydrogen-bond donors (Lipinski definition) is 0. The molecule has 0 unspecified atom stereocenters. The number of amides is 2. The lowest BCUT2D eigenvalue weighted by atomic mass is 10.2. The molecule has 0 spiro atoms. The molecule has 1 fully saturated rings. The minimum atomic E-state index is -0.270. The molecule has 1 aliphatic rings. The van der Waals surface area contributed by atoms with Gasteiger partial charge < -0.3 is 9.47 Å². The van der Waals surface area contributed by atoms with Gasteiger partial charge in [0.05, 0.1) is 11.5 Å². The van der Waals surface area contributed by atoms with Gasteiger partial charge in [0.1, 0.15) is 6.61 Å². The van der Waals surface area contributed by atoms with Crippen molar-refractivity contribution in [3.8, 4) is 23.8 Å². The van der Waals surface area contributed by atoms with E-state index in [4.69, 9.17) is 15.9 Å². The first-order chi connectivity index (χ1) is 11.1. The molecular formula is C17H17NO4S. The van der Waals surface area contributed by atoms with Crippen LogP contribution in [0.3, 0.4) is 0 Å². The van der Waals surface area contributed by atoms with Gasteiger partial charge in [0.15, 0.2) is 11.5 Å². The molecule has 1 heterocycles. The highest BCUT2D eigenvalue weighted by Gasteiger charge is 2.33. The monoisotopic (exact) mass is 331 g/mol. The first-order valence-electron chi connectivity index (χ1n) is 7.19. The molecular weight excluding hydrogens is 314 g/mol. The second-order valence-corrected chi connectivity index (χ2v) is 5.55. The predicted molar refractivity (Wildman–Crippen MR) is 90.3 cm³/mol. The first kappa shape index (κ1) is 17.0. The van der Waals surface area contributed by atoms with Gasteiger partial charge in [-0.2, -0.15) is 0 Å². The molecule has 2 rings (SSSR count). The van der Waals surface area contributed by atoms with Crippen molar-refractivity contribution in [2.24, 2.45) is 0 Å². The van der Waals surface area contributed by atoms with Crippen molar-refractivity contribution in [3.63, 3.8) is 0 Å². The normalized spacial score (nSPS) is 15.9. The molecule has 0 N–H and O–H groups in total. The average Bonchev–Trinajstić information content (AvgIpc) is 2.80. The predicted octanol–water partition coefficient (Wildman–Crippen LogP) is 3.15. The van der Waals surface area contributed by atoms with E-state index in [-0.39, 0.29) is 17.8 Å². The Morgan fingerprint density at radius 2 is 2.04 bits per heavy atom. The van der Waals surface area contributed by atoms with Gasteiger partial charge in [0, 0.05) is 6.54 Å². The third-order valence-corrected chi connectivity index (χ3v) is 3.97. The summed E-state index contributed by atoms with van der Waals surface area (Å²) in [4.78, 5) is 25.4. The molecule has 0 saturated carbocycles. The van der Waals surface area contributed by atoms with Gasteiger partial charge in [-0.25, -0.2) is 0 Å². The maximum atomic E-state index is 12.1. The zero-order chi connectivity index (χ0) is 16.8. The highest BCUT2D eigenvalue weighted by atomic mass is 32.2. The molecule has 0 aromatic heterocycles. The molecule has 6 heteroatoms. The molecule has 23 heavy (non-hydrogen) atoms. The number of thioether (sulfide) groups is 1. The summed E-state index contributed by atoms with van der Waals surface area (Å²) >= 11 is 0.938. The lowest BCUT2D eigenvalue weighted by Gasteiger charge is -2.11. The fourth-order valence-corrected chi connectivity index (χ4v) is 2.95. The van der Waals surface area contributed by atoms with Crippen LogP contribution in [-0.2, 0) is 4.79 Å². The van der Waals surface area contributed by atoms with Gasteiger partial charge >= 0.3 is 0 Å². The Morgan fingerprint density at radius 1 is 1.26 bits per heavy atom. The van der Waals surface area contributed by atoms with Crippen molar-refractivity contribution in [3.05, 3.63) is 28.7 Å². The number of terminal acetylenes is 1. The fourth-order valence-electron chi connectivity index (χ4n) is 2.05. The largest absolute Gasteiger partial charge is 0.490 e. The maximum Gasteiger partial charge on any atom is 0.293 e. The van der Waals surface area contributed by atoms with Gasteiger partial charge in [-0.1, -0.05) is 12.0 Å². The number of ether oxygens (including phenoxy) is 2. The second-order valence-electron chi connectivity index (χ2n) is 4.56. The van der Waals surface area contributed by atoms with E-state index in [1.807, 2.05) is 6.92 Å². The summed E-state index contributed by atoms with van der Waals surface area (Å²) in [5.74, 6) is 3.22. The summed E-state index contributed by atoms with van der Waals surface area (Å²) in [6.07, 6.45) is 6.87. The summed E-state index contributed by atoms with van der Waals surface area (Å²) in [5, 5.41) is -0.247. The zero-order valence-electron chi connectivity index (χ0n) is 13.0. The lowest BCUT2D eigenvalue weighted by molar-refractivity contribution is -0.122. The quantitative estimate of drug-likeness (QED) is 0.592. The summed E-state index contributed by atoms with van der Waals surface area (Å²) in [6, 6.07) is 5.28. The Labute approximate surface area is 139 Å². The Morgan fingerprint density at radius 3 is 2.65 bits per heavy atom. The molecule has 1 aromatic carbocycles. The molecule has 0 atom stereocenters. The van der Waals surface area contributed by atoms with Crippen LogP contribution in [0.15, 0.2) is 23.1 Å². The van der Waals surface area contributed by atoms with E-state index in [0.29, 0.717) is 29.6 Å². The Bertz CT molecular complexity index is 690. The standard InChI is InChI=1S/C17H17NO4S/c1-4-9-22-13-8-7-12(10-14(13)21-6-3)11-15-16(19)18(5-2)17(20)23-15/h1,7-8,10-11H,5-6,9H2,2-3H3/b15-11+. The Balaban J connectivity index is 2.28. The van der Waals surface area contributed by atoms with Crippen molar-refractivity contribution >= 4 is 29.0 Å². The van der Waals surface area contributed by atoms with E-state index in [1.54, 1.807) is 31.2 Å². The molecule has 1 aromatic rings. The number of carbonyl (C=O) groups excluding carboxylic acids is 2. The smallest absolute Gasteiger partial charge is 0.293 e. The van der Waals surface area contributed by atoms with Crippen LogP contribution < -0.4 is 9.47 Å². The Kier molecular flexibility index (Phi) is 5.72. The minimum Gasteiger partial charge on any atom is -0.490 e. The van der Waals surface area contributed by atoms with Crippen molar-refractivity contribution in [2.45, 2.75) is 13.8 Å². The maximum absolute atomic E-state index is 12.1. The van der Waals surface area contributed by atoms with Crippen LogP contribution in [0.2, 0.25) is 0 Å². The molecule has 5 nitrogen and oxygen atoms in total. The zero-order valence-corrected chi connectivity index (χ0v) is 13.8. The first-order valence-corrected chi connectivity index (χ1v) is 8.00. The van der Waals surface area contributed by atoms with E-state index in [9.17, 15) is 9.59 Å². The van der Waals surface area contributed by atoms with E-state index in [1.165, 1.54) is 4.90 Å². The topological polar surface area (TPSA) is 55.8 Å². The van der Waals surface area contributed by atoms with Gasteiger partial charge in [0.25, 0.3) is 11.1 Å². The van der Waals surface area contributed by atoms with Crippen LogP contribution in [0.1, 0.15) is 19.4 Å². The van der Waals surface area contributed by atoms with Gasteiger partial charge in [0.2, 0.25) is 0 Å². The average molecular weight is 331 g/mol. The number of nitrogens with zero attached hydrogens (tertiary/aromatic N) is 1. The molecule has 1 saturated heterocycles. The number of carbonyl (C=O) groups is 2. The second kappa shape index (κ2) is 7.75. The van der Waals surface area contributed by atoms with Crippen molar-refractivity contribution in [1.82, 2.24) is 4.90 Å². The van der Waals surface area contributed by atoms with E-state index >= 15 is 0 Å². The van der Waals surface area contributed by atoms with Crippen molar-refractivity contribution in [1.29, 1.82) is 0 Å². The van der Waals surface area contributed by atoms with Crippen molar-refractivity contribution in [2.75, 3.05) is 19.8 Å². The molecule has 0 bridgehead atoms. The highest BCUT2D eigenvalue weighted by molar-refractivity contribution is 8.18. The lowest BCUT2D eigenvalue weighted by Crippen LogP contribution is -2.27. The van der Waals surface area contributed by atoms with E-state index in [2.05, 4.69) is 5.92 Å². The number of hydrogen-bond acceptors (Lipinski definition) is 5. The van der Waals surface area contributed by atoms with E-state index < -0.39 is 0 Å². The summed E-state index contributed by atoms with van der Waals surface area (Å²) < 4.78 is 11.0. The van der Waals surface area contributed by atoms with Crippen LogP contribution in [0.5, 0.6) is 11.5 Å². The molecule has 1 aliphatic heterocycles. The number of likely N-dealkylation sites (N-methyl/N-ethyl adjacent to an activating group) is 1. The van der Waals surface area contributed by atoms with Crippen LogP contribution in [0.25, 0.3) is 6.08 Å². The molecule has 0 radical (unpaired) electrons. The van der Waals surface area contributed by atoms with Crippen LogP contribution in [-0.4, -0.2) is 35.8 Å². The summed E-state index contributed by atoms with van der Waals surface area (Å²) in [5.41, 5.74) is 0.753. The SMILES string of the molecule is C#CCOc1ccc(/C=C2/SC(=O)N(CC)C2=O)cc1OCC. The third kappa shape index (κ3) is 3.88.